The Morgan fingerprint density at radius 2 is 2.06 bits per heavy atom. The first kappa shape index (κ1) is 26.3. The molecule has 1 aliphatic heterocycles. The van der Waals surface area contributed by atoms with Gasteiger partial charge in [0.25, 0.3) is 0 Å². The van der Waals surface area contributed by atoms with Gasteiger partial charge in [0.2, 0.25) is 5.82 Å². The molecule has 1 aliphatic rings. The fourth-order valence-electron chi connectivity index (χ4n) is 3.28. The van der Waals surface area contributed by atoms with Crippen molar-refractivity contribution in [3.63, 3.8) is 0 Å². The van der Waals surface area contributed by atoms with Crippen molar-refractivity contribution in [3.05, 3.63) is 39.0 Å². The number of halogens is 2. The van der Waals surface area contributed by atoms with Crippen LogP contribution in [0.4, 0.5) is 9.18 Å². The van der Waals surface area contributed by atoms with E-state index in [0.717, 1.165) is 26.7 Å². The molecule has 1 aromatic carbocycles. The molecule has 3 heterocycles. The second kappa shape index (κ2) is 9.95. The van der Waals surface area contributed by atoms with Gasteiger partial charge in [-0.2, -0.15) is 12.7 Å². The molecular weight excluding hydrogens is 587 g/mol. The molecule has 13 nitrogen and oxygen atoms in total. The Morgan fingerprint density at radius 3 is 2.75 bits per heavy atom. The SMILES string of the molecule is CC(C)(C)OC(=O)NS(=O)(=O)N1CC[C@@H](Sc2nonc2-c2noc(=O)n2-c2ccc(F)c(Br)c2)C1. The van der Waals surface area contributed by atoms with Gasteiger partial charge in [0.15, 0.2) is 10.7 Å². The van der Waals surface area contributed by atoms with Crippen molar-refractivity contribution in [3.8, 4) is 17.2 Å². The number of benzene rings is 1. The van der Waals surface area contributed by atoms with E-state index in [9.17, 15) is 22.4 Å². The van der Waals surface area contributed by atoms with Crippen LogP contribution in [0.5, 0.6) is 0 Å². The highest BCUT2D eigenvalue weighted by atomic mass is 79.9. The predicted molar refractivity (Wildman–Crippen MR) is 127 cm³/mol. The van der Waals surface area contributed by atoms with Gasteiger partial charge in [-0.05, 0) is 71.6 Å². The maximum absolute atomic E-state index is 13.7. The summed E-state index contributed by atoms with van der Waals surface area (Å²) in [4.78, 5) is 24.3. The molecule has 4 rings (SSSR count). The highest BCUT2D eigenvalue weighted by Gasteiger charge is 2.35. The van der Waals surface area contributed by atoms with Crippen LogP contribution in [-0.2, 0) is 14.9 Å². The third-order valence-electron chi connectivity index (χ3n) is 4.77. The summed E-state index contributed by atoms with van der Waals surface area (Å²) in [6.07, 6.45) is -0.638. The van der Waals surface area contributed by atoms with Crippen molar-refractivity contribution in [2.45, 2.75) is 43.1 Å². The summed E-state index contributed by atoms with van der Waals surface area (Å²) in [6, 6.07) is 3.90. The molecule has 0 bridgehead atoms. The minimum Gasteiger partial charge on any atom is -0.443 e. The quantitative estimate of drug-likeness (QED) is 0.438. The molecule has 0 saturated carbocycles. The predicted octanol–water partition coefficient (Wildman–Crippen LogP) is 2.71. The fourth-order valence-corrected chi connectivity index (χ4v) is 5.96. The number of rotatable bonds is 6. The van der Waals surface area contributed by atoms with Gasteiger partial charge in [-0.25, -0.2) is 27.9 Å². The van der Waals surface area contributed by atoms with E-state index < -0.39 is 33.5 Å². The number of nitrogens with one attached hydrogen (secondary N) is 1. The lowest BCUT2D eigenvalue weighted by molar-refractivity contribution is 0.0567. The van der Waals surface area contributed by atoms with Crippen LogP contribution in [0, 0.1) is 5.82 Å². The second-order valence-electron chi connectivity index (χ2n) is 8.62. The van der Waals surface area contributed by atoms with Crippen molar-refractivity contribution >= 4 is 44.0 Å². The first-order valence-corrected chi connectivity index (χ1v) is 13.5. The van der Waals surface area contributed by atoms with E-state index in [-0.39, 0.29) is 45.0 Å². The number of aromatic nitrogens is 4. The van der Waals surface area contributed by atoms with E-state index >= 15 is 0 Å². The Morgan fingerprint density at radius 1 is 1.31 bits per heavy atom. The number of amides is 1. The van der Waals surface area contributed by atoms with Crippen molar-refractivity contribution in [2.24, 2.45) is 0 Å². The lowest BCUT2D eigenvalue weighted by atomic mass is 10.2. The second-order valence-corrected chi connectivity index (χ2v) is 12.4. The molecule has 194 valence electrons. The average Bonchev–Trinajstić information content (AvgIpc) is 3.49. The molecule has 1 fully saturated rings. The highest BCUT2D eigenvalue weighted by Crippen LogP contribution is 2.35. The third-order valence-corrected chi connectivity index (χ3v) is 8.03. The van der Waals surface area contributed by atoms with Crippen molar-refractivity contribution in [1.29, 1.82) is 0 Å². The van der Waals surface area contributed by atoms with Crippen molar-refractivity contribution in [2.75, 3.05) is 13.1 Å². The van der Waals surface area contributed by atoms with Gasteiger partial charge >= 0.3 is 22.1 Å². The first-order chi connectivity index (χ1) is 16.8. The Kier molecular flexibility index (Phi) is 7.27. The maximum atomic E-state index is 13.7. The average molecular weight is 607 g/mol. The number of hydrogen-bond donors (Lipinski definition) is 1. The molecule has 3 aromatic rings. The molecule has 1 saturated heterocycles. The van der Waals surface area contributed by atoms with Crippen LogP contribution in [0.15, 0.2) is 41.6 Å². The molecule has 1 atom stereocenters. The summed E-state index contributed by atoms with van der Waals surface area (Å²) in [5, 5.41) is 11.4. The van der Waals surface area contributed by atoms with Crippen LogP contribution in [-0.4, -0.2) is 62.8 Å². The highest BCUT2D eigenvalue weighted by molar-refractivity contribution is 9.10. The zero-order valence-electron chi connectivity index (χ0n) is 19.1. The van der Waals surface area contributed by atoms with Crippen LogP contribution in [0.25, 0.3) is 17.2 Å². The molecule has 0 radical (unpaired) electrons. The summed E-state index contributed by atoms with van der Waals surface area (Å²) in [5.41, 5.74) is -0.514. The van der Waals surface area contributed by atoms with Crippen LogP contribution < -0.4 is 10.5 Å². The Hall–Kier alpha value is -2.76. The van der Waals surface area contributed by atoms with Gasteiger partial charge in [-0.1, -0.05) is 16.9 Å². The molecule has 36 heavy (non-hydrogen) atoms. The Bertz CT molecular complexity index is 1450. The Balaban J connectivity index is 1.50. The largest absolute Gasteiger partial charge is 0.446 e. The van der Waals surface area contributed by atoms with Gasteiger partial charge in [0, 0.05) is 18.3 Å². The first-order valence-electron chi connectivity index (χ1n) is 10.4. The summed E-state index contributed by atoms with van der Waals surface area (Å²) >= 11 is 4.24. The van der Waals surface area contributed by atoms with E-state index in [1.807, 2.05) is 4.72 Å². The number of hydrogen-bond acceptors (Lipinski definition) is 11. The number of carbonyl (C=O) groups is 1. The van der Waals surface area contributed by atoms with Gasteiger partial charge in [0.1, 0.15) is 11.4 Å². The molecule has 1 N–H and O–H groups in total. The summed E-state index contributed by atoms with van der Waals surface area (Å²) < 4.78 is 57.7. The normalized spacial score (nSPS) is 16.9. The molecule has 1 amide bonds. The lowest BCUT2D eigenvalue weighted by Crippen LogP contribution is -2.44. The van der Waals surface area contributed by atoms with Crippen molar-refractivity contribution in [1.82, 2.24) is 29.1 Å². The van der Waals surface area contributed by atoms with Crippen LogP contribution in [0.2, 0.25) is 0 Å². The minimum atomic E-state index is -4.12. The Labute approximate surface area is 216 Å². The van der Waals surface area contributed by atoms with Gasteiger partial charge < -0.3 is 4.74 Å². The van der Waals surface area contributed by atoms with E-state index in [1.54, 1.807) is 20.8 Å². The smallest absolute Gasteiger partial charge is 0.443 e. The van der Waals surface area contributed by atoms with E-state index in [0.29, 0.717) is 6.42 Å². The molecule has 0 spiro atoms. The number of ether oxygens (including phenoxy) is 1. The minimum absolute atomic E-state index is 0.0312. The molecular formula is C19H20BrFN6O7S2. The lowest BCUT2D eigenvalue weighted by Gasteiger charge is -2.21. The summed E-state index contributed by atoms with van der Waals surface area (Å²) in [6.45, 7) is 5.07. The van der Waals surface area contributed by atoms with Crippen LogP contribution in [0.1, 0.15) is 27.2 Å². The zero-order valence-corrected chi connectivity index (χ0v) is 22.3. The third kappa shape index (κ3) is 5.79. The fraction of sp³-hybridized carbons (Fsp3) is 0.421. The summed E-state index contributed by atoms with van der Waals surface area (Å²) in [7, 11) is -4.12. The van der Waals surface area contributed by atoms with Gasteiger partial charge in [-0.3, -0.25) is 4.52 Å². The van der Waals surface area contributed by atoms with Crippen molar-refractivity contribution < 1.29 is 31.5 Å². The monoisotopic (exact) mass is 606 g/mol. The van der Waals surface area contributed by atoms with Gasteiger partial charge in [0.05, 0.1) is 10.2 Å². The number of carbonyl (C=O) groups excluding carboxylic acids is 1. The number of nitrogens with zero attached hydrogens (tertiary/aromatic N) is 5. The van der Waals surface area contributed by atoms with E-state index in [2.05, 4.69) is 31.4 Å². The van der Waals surface area contributed by atoms with E-state index in [1.165, 1.54) is 12.1 Å². The topological polar surface area (TPSA) is 163 Å². The van der Waals surface area contributed by atoms with Crippen LogP contribution >= 0.6 is 27.7 Å². The molecule has 2 aromatic heterocycles. The summed E-state index contributed by atoms with van der Waals surface area (Å²) in [5.74, 6) is -1.39. The zero-order chi connectivity index (χ0) is 26.3. The molecule has 17 heteroatoms. The number of thioether (sulfide) groups is 1. The van der Waals surface area contributed by atoms with E-state index in [4.69, 9.17) is 13.9 Å². The van der Waals surface area contributed by atoms with Gasteiger partial charge in [-0.15, -0.1) is 0 Å². The molecule has 0 unspecified atom stereocenters. The van der Waals surface area contributed by atoms with Crippen LogP contribution in [0.3, 0.4) is 0 Å². The standard InChI is InChI=1S/C19H20BrFN6O7S2/c1-19(2,3)32-17(28)25-36(30,31)26-7-6-11(9-26)35-16-14(22-34-24-16)15-23-33-18(29)27(15)10-4-5-13(21)12(20)8-10/h4-5,8,11H,6-7,9H2,1-3H3,(H,25,28)/t11-/m1/s1. The maximum Gasteiger partial charge on any atom is 0.446 e. The molecule has 0 aliphatic carbocycles.